The van der Waals surface area contributed by atoms with Crippen molar-refractivity contribution < 1.29 is 24.2 Å². The summed E-state index contributed by atoms with van der Waals surface area (Å²) in [6.45, 7) is 8.11. The fraction of sp³-hybridized carbons (Fsp3) is 0.406. The number of benzene rings is 2. The van der Waals surface area contributed by atoms with E-state index in [4.69, 9.17) is 16.3 Å². The largest absolute Gasteiger partial charge is 0.489 e. The van der Waals surface area contributed by atoms with Crippen molar-refractivity contribution >= 4 is 29.1 Å². The molecule has 1 aliphatic heterocycles. The molecule has 1 N–H and O–H groups in total. The average molecular weight is 548 g/mol. The van der Waals surface area contributed by atoms with Crippen LogP contribution in [0.4, 0.5) is 0 Å². The predicted molar refractivity (Wildman–Crippen MR) is 149 cm³/mol. The van der Waals surface area contributed by atoms with Crippen molar-refractivity contribution in [3.05, 3.63) is 87.2 Å². The zero-order valence-corrected chi connectivity index (χ0v) is 23.6. The molecule has 0 bridgehead atoms. The number of allylic oxidation sites excluding steroid dienone is 4. The van der Waals surface area contributed by atoms with Crippen LogP contribution in [0.3, 0.4) is 0 Å². The molecule has 6 nitrogen and oxygen atoms in total. The number of carbonyl (C=O) groups is 3. The van der Waals surface area contributed by atoms with Crippen molar-refractivity contribution in [2.24, 2.45) is 10.8 Å². The van der Waals surface area contributed by atoms with Gasteiger partial charge in [0, 0.05) is 51.9 Å². The van der Waals surface area contributed by atoms with Gasteiger partial charge in [0.2, 0.25) is 0 Å². The van der Waals surface area contributed by atoms with Gasteiger partial charge in [0.1, 0.15) is 18.9 Å². The minimum Gasteiger partial charge on any atom is -0.489 e. The van der Waals surface area contributed by atoms with Crippen LogP contribution in [-0.4, -0.2) is 34.1 Å². The molecule has 7 heteroatoms. The van der Waals surface area contributed by atoms with Gasteiger partial charge < -0.3 is 14.7 Å². The third-order valence-corrected chi connectivity index (χ3v) is 8.07. The minimum absolute atomic E-state index is 0.0696. The van der Waals surface area contributed by atoms with Gasteiger partial charge in [-0.1, -0.05) is 69.6 Å². The van der Waals surface area contributed by atoms with Gasteiger partial charge in [-0.3, -0.25) is 14.4 Å². The molecule has 3 aliphatic rings. The lowest BCUT2D eigenvalue weighted by Crippen LogP contribution is -2.45. The Morgan fingerprint density at radius 3 is 2.03 bits per heavy atom. The molecule has 204 valence electrons. The van der Waals surface area contributed by atoms with Crippen molar-refractivity contribution in [1.82, 2.24) is 4.90 Å². The maximum Gasteiger partial charge on any atom is 0.323 e. The molecule has 0 aromatic heterocycles. The Balaban J connectivity index is 1.73. The van der Waals surface area contributed by atoms with E-state index < -0.39 is 11.9 Å². The van der Waals surface area contributed by atoms with Crippen LogP contribution in [0.25, 0.3) is 0 Å². The predicted octanol–water partition coefficient (Wildman–Crippen LogP) is 6.69. The van der Waals surface area contributed by atoms with Gasteiger partial charge >= 0.3 is 5.97 Å². The highest BCUT2D eigenvalue weighted by Gasteiger charge is 2.49. The van der Waals surface area contributed by atoms with Gasteiger partial charge in [-0.25, -0.2) is 0 Å². The molecule has 2 aliphatic carbocycles. The summed E-state index contributed by atoms with van der Waals surface area (Å²) in [5, 5.41) is 10.4. The van der Waals surface area contributed by atoms with Gasteiger partial charge in [0.05, 0.1) is 0 Å². The lowest BCUT2D eigenvalue weighted by Gasteiger charge is -2.48. The number of carbonyl (C=O) groups excluding carboxylic acids is 2. The van der Waals surface area contributed by atoms with Gasteiger partial charge in [0.15, 0.2) is 11.6 Å². The van der Waals surface area contributed by atoms with Crippen molar-refractivity contribution in [1.29, 1.82) is 0 Å². The maximum absolute atomic E-state index is 13.9. The van der Waals surface area contributed by atoms with Crippen LogP contribution < -0.4 is 4.74 Å². The molecule has 5 rings (SSSR count). The van der Waals surface area contributed by atoms with E-state index in [9.17, 15) is 19.5 Å². The fourth-order valence-electron chi connectivity index (χ4n) is 6.30. The highest BCUT2D eigenvalue weighted by Crippen LogP contribution is 2.55. The Hall–Kier alpha value is -3.38. The number of Topliss-reactive ketones (excluding diaryl/α,β-unsaturated/α-hetero) is 2. The lowest BCUT2D eigenvalue weighted by molar-refractivity contribution is -0.138. The van der Waals surface area contributed by atoms with E-state index in [2.05, 4.69) is 0 Å². The molecule has 0 spiro atoms. The van der Waals surface area contributed by atoms with Crippen LogP contribution in [-0.2, 0) is 21.0 Å². The zero-order valence-electron chi connectivity index (χ0n) is 22.8. The van der Waals surface area contributed by atoms with Crippen LogP contribution in [0.2, 0.25) is 5.02 Å². The minimum atomic E-state index is -1.01. The number of halogens is 1. The topological polar surface area (TPSA) is 83.9 Å². The Morgan fingerprint density at radius 1 is 0.923 bits per heavy atom. The third kappa shape index (κ3) is 5.40. The highest BCUT2D eigenvalue weighted by atomic mass is 35.5. The number of ether oxygens (including phenoxy) is 1. The van der Waals surface area contributed by atoms with Crippen LogP contribution in [0.5, 0.6) is 5.75 Å². The molecular weight excluding hydrogens is 514 g/mol. The second-order valence-corrected chi connectivity index (χ2v) is 12.9. The Morgan fingerprint density at radius 2 is 1.49 bits per heavy atom. The molecular formula is C32H34ClNO5. The molecule has 0 unspecified atom stereocenters. The smallest absolute Gasteiger partial charge is 0.323 e. The summed E-state index contributed by atoms with van der Waals surface area (Å²) < 4.78 is 6.30. The monoisotopic (exact) mass is 547 g/mol. The molecule has 39 heavy (non-hydrogen) atoms. The van der Waals surface area contributed by atoms with E-state index in [1.54, 1.807) is 23.1 Å². The number of hydrogen-bond donors (Lipinski definition) is 1. The second-order valence-electron chi connectivity index (χ2n) is 12.5. The van der Waals surface area contributed by atoms with Gasteiger partial charge in [-0.2, -0.15) is 0 Å². The van der Waals surface area contributed by atoms with E-state index in [0.29, 0.717) is 71.2 Å². The van der Waals surface area contributed by atoms with Crippen LogP contribution >= 0.6 is 11.6 Å². The Bertz CT molecular complexity index is 1370. The number of hydrogen-bond acceptors (Lipinski definition) is 5. The summed E-state index contributed by atoms with van der Waals surface area (Å²) >= 11 is 6.52. The van der Waals surface area contributed by atoms with Crippen LogP contribution in [0.15, 0.2) is 71.1 Å². The first kappa shape index (κ1) is 27.2. The summed E-state index contributed by atoms with van der Waals surface area (Å²) in [6, 6.07) is 15.1. The molecule has 2 aromatic carbocycles. The molecule has 0 saturated carbocycles. The molecule has 0 amide bonds. The summed E-state index contributed by atoms with van der Waals surface area (Å²) in [6.07, 6.45) is 1.69. The van der Waals surface area contributed by atoms with Crippen molar-refractivity contribution in [2.75, 3.05) is 6.54 Å². The lowest BCUT2D eigenvalue weighted by atomic mass is 9.63. The summed E-state index contributed by atoms with van der Waals surface area (Å²) in [5.74, 6) is -1.27. The van der Waals surface area contributed by atoms with Crippen LogP contribution in [0.1, 0.15) is 70.4 Å². The zero-order chi connectivity index (χ0) is 28.1. The first-order valence-electron chi connectivity index (χ1n) is 13.3. The molecule has 1 heterocycles. The SMILES string of the molecule is CC1(C)CC(=O)C2=C(C1)N(CC(=O)O)C1=C(C(=O)CC(C)(C)C1)C2c1cc(Cl)ccc1OCc1ccccc1. The molecule has 2 aromatic rings. The van der Waals surface area contributed by atoms with Crippen molar-refractivity contribution in [2.45, 2.75) is 65.9 Å². The summed E-state index contributed by atoms with van der Waals surface area (Å²) in [7, 11) is 0. The van der Waals surface area contributed by atoms with Crippen molar-refractivity contribution in [3.8, 4) is 5.75 Å². The standard InChI is InChI=1S/C32H34ClNO5/c1-31(2)13-22-29(24(35)15-31)28(30-23(34(22)17-27(37)38)14-32(3,4)16-25(30)36)21-12-20(33)10-11-26(21)39-18-19-8-6-5-7-9-19/h5-12,28H,13-18H2,1-4H3,(H,37,38). The van der Waals surface area contributed by atoms with Crippen molar-refractivity contribution in [3.63, 3.8) is 0 Å². The van der Waals surface area contributed by atoms with E-state index in [-0.39, 0.29) is 28.9 Å². The second kappa shape index (κ2) is 9.98. The Kier molecular flexibility index (Phi) is 6.96. The number of aliphatic carboxylic acids is 1. The van der Waals surface area contributed by atoms with E-state index in [1.165, 1.54) is 0 Å². The number of rotatable bonds is 6. The average Bonchev–Trinajstić information content (AvgIpc) is 2.83. The summed E-state index contributed by atoms with van der Waals surface area (Å²) in [4.78, 5) is 41.6. The van der Waals surface area contributed by atoms with E-state index in [1.807, 2.05) is 58.0 Å². The van der Waals surface area contributed by atoms with E-state index in [0.717, 1.165) is 5.56 Å². The van der Waals surface area contributed by atoms with Crippen LogP contribution in [0, 0.1) is 10.8 Å². The molecule has 0 radical (unpaired) electrons. The highest BCUT2D eigenvalue weighted by molar-refractivity contribution is 6.30. The molecule has 0 fully saturated rings. The Labute approximate surface area is 234 Å². The third-order valence-electron chi connectivity index (χ3n) is 7.84. The van der Waals surface area contributed by atoms with Gasteiger partial charge in [-0.05, 0) is 47.4 Å². The number of carboxylic acids is 1. The normalized spacial score (nSPS) is 20.6. The number of nitrogens with zero attached hydrogens (tertiary/aromatic N) is 1. The first-order chi connectivity index (χ1) is 18.3. The quantitative estimate of drug-likeness (QED) is 0.434. The first-order valence-corrected chi connectivity index (χ1v) is 13.7. The number of ketones is 2. The summed E-state index contributed by atoms with van der Waals surface area (Å²) in [5.41, 5.74) is 3.34. The molecule has 0 saturated heterocycles. The maximum atomic E-state index is 13.9. The van der Waals surface area contributed by atoms with Gasteiger partial charge in [0.25, 0.3) is 0 Å². The number of carboxylic acid groups (broad SMARTS) is 1. The van der Waals surface area contributed by atoms with E-state index >= 15 is 0 Å². The molecule has 0 atom stereocenters. The van der Waals surface area contributed by atoms with Gasteiger partial charge in [-0.15, -0.1) is 0 Å². The fourth-order valence-corrected chi connectivity index (χ4v) is 6.48.